The van der Waals surface area contributed by atoms with E-state index in [1.54, 1.807) is 0 Å². The van der Waals surface area contributed by atoms with Crippen LogP contribution in [-0.4, -0.2) is 73.0 Å². The van der Waals surface area contributed by atoms with E-state index in [0.717, 1.165) is 77.3 Å². The zero-order chi connectivity index (χ0) is 20.1. The lowest BCUT2D eigenvalue weighted by Crippen LogP contribution is -2.43. The van der Waals surface area contributed by atoms with Gasteiger partial charge in [-0.1, -0.05) is 20.8 Å². The van der Waals surface area contributed by atoms with Gasteiger partial charge < -0.3 is 20.4 Å². The Morgan fingerprint density at radius 3 is 2.52 bits per heavy atom. The van der Waals surface area contributed by atoms with Crippen LogP contribution >= 0.6 is 0 Å². The summed E-state index contributed by atoms with van der Waals surface area (Å²) in [6, 6.07) is 0.735. The van der Waals surface area contributed by atoms with Gasteiger partial charge in [0.1, 0.15) is 0 Å². The van der Waals surface area contributed by atoms with E-state index in [4.69, 9.17) is 4.99 Å². The molecule has 1 aliphatic heterocycles. The first-order valence-electron chi connectivity index (χ1n) is 11.1. The topological polar surface area (TPSA) is 60.0 Å². The number of amides is 1. The van der Waals surface area contributed by atoms with Gasteiger partial charge in [-0.15, -0.1) is 0 Å². The summed E-state index contributed by atoms with van der Waals surface area (Å²) in [5.41, 5.74) is 0. The van der Waals surface area contributed by atoms with Gasteiger partial charge in [-0.3, -0.25) is 9.79 Å². The van der Waals surface area contributed by atoms with Crippen molar-refractivity contribution >= 4 is 11.9 Å². The molecule has 0 radical (unpaired) electrons. The molecule has 0 aromatic carbocycles. The predicted octanol–water partition coefficient (Wildman–Crippen LogP) is 2.84. The van der Waals surface area contributed by atoms with Crippen LogP contribution in [0.25, 0.3) is 0 Å². The molecule has 2 unspecified atom stereocenters. The number of nitrogens with zero attached hydrogens (tertiary/aromatic N) is 3. The van der Waals surface area contributed by atoms with E-state index in [9.17, 15) is 4.79 Å². The van der Waals surface area contributed by atoms with Crippen LogP contribution in [-0.2, 0) is 4.79 Å². The van der Waals surface area contributed by atoms with Gasteiger partial charge in [0.05, 0.1) is 0 Å². The molecule has 1 aliphatic rings. The van der Waals surface area contributed by atoms with Crippen LogP contribution in [0.2, 0.25) is 0 Å². The summed E-state index contributed by atoms with van der Waals surface area (Å²) >= 11 is 0. The molecule has 1 saturated heterocycles. The molecule has 158 valence electrons. The van der Waals surface area contributed by atoms with Crippen LogP contribution in [0.1, 0.15) is 73.1 Å². The monoisotopic (exact) mass is 381 g/mol. The van der Waals surface area contributed by atoms with Gasteiger partial charge in [0, 0.05) is 38.1 Å². The van der Waals surface area contributed by atoms with Crippen molar-refractivity contribution in [2.24, 2.45) is 4.99 Å². The fourth-order valence-electron chi connectivity index (χ4n) is 3.75. The van der Waals surface area contributed by atoms with Crippen molar-refractivity contribution in [3.63, 3.8) is 0 Å². The molecule has 6 nitrogen and oxygen atoms in total. The molecular formula is C21H43N5O. The van der Waals surface area contributed by atoms with Gasteiger partial charge in [-0.25, -0.2) is 0 Å². The number of likely N-dealkylation sites (tertiary alicyclic amines) is 1. The van der Waals surface area contributed by atoms with Gasteiger partial charge in [-0.2, -0.15) is 0 Å². The second-order valence-corrected chi connectivity index (χ2v) is 7.52. The van der Waals surface area contributed by atoms with E-state index in [1.165, 1.54) is 6.42 Å². The summed E-state index contributed by atoms with van der Waals surface area (Å²) in [4.78, 5) is 21.3. The average molecular weight is 382 g/mol. The fraction of sp³-hybridized carbons (Fsp3) is 0.905. The van der Waals surface area contributed by atoms with Crippen molar-refractivity contribution in [1.82, 2.24) is 20.4 Å². The van der Waals surface area contributed by atoms with Gasteiger partial charge in [0.25, 0.3) is 0 Å². The first-order valence-corrected chi connectivity index (χ1v) is 11.1. The third-order valence-corrected chi connectivity index (χ3v) is 5.49. The number of hydrogen-bond acceptors (Lipinski definition) is 3. The molecule has 0 bridgehead atoms. The maximum absolute atomic E-state index is 12.0. The van der Waals surface area contributed by atoms with Gasteiger partial charge in [0.2, 0.25) is 5.91 Å². The number of rotatable bonds is 13. The van der Waals surface area contributed by atoms with Crippen LogP contribution in [0.5, 0.6) is 0 Å². The average Bonchev–Trinajstić information content (AvgIpc) is 3.08. The number of guanidine groups is 1. The van der Waals surface area contributed by atoms with Crippen molar-refractivity contribution in [3.05, 3.63) is 0 Å². The van der Waals surface area contributed by atoms with E-state index in [1.807, 2.05) is 0 Å². The summed E-state index contributed by atoms with van der Waals surface area (Å²) in [6.45, 7) is 16.9. The lowest BCUT2D eigenvalue weighted by atomic mass is 10.1. The number of carbonyl (C=O) groups is 1. The summed E-state index contributed by atoms with van der Waals surface area (Å²) in [5, 5.41) is 6.89. The van der Waals surface area contributed by atoms with Gasteiger partial charge >= 0.3 is 0 Å². The molecule has 1 heterocycles. The molecule has 0 saturated carbocycles. The van der Waals surface area contributed by atoms with Crippen molar-refractivity contribution in [2.45, 2.75) is 85.2 Å². The Bertz CT molecular complexity index is 436. The minimum atomic E-state index is 0.317. The molecule has 0 aliphatic carbocycles. The largest absolute Gasteiger partial charge is 0.357 e. The minimum Gasteiger partial charge on any atom is -0.357 e. The molecule has 1 amide bonds. The van der Waals surface area contributed by atoms with Crippen LogP contribution in [0.4, 0.5) is 0 Å². The highest BCUT2D eigenvalue weighted by Gasteiger charge is 2.26. The van der Waals surface area contributed by atoms with Crippen molar-refractivity contribution in [2.75, 3.05) is 39.3 Å². The summed E-state index contributed by atoms with van der Waals surface area (Å²) in [7, 11) is 0. The third-order valence-electron chi connectivity index (χ3n) is 5.49. The quantitative estimate of drug-likeness (QED) is 0.380. The molecule has 0 aromatic rings. The fourth-order valence-corrected chi connectivity index (χ4v) is 3.75. The van der Waals surface area contributed by atoms with Crippen molar-refractivity contribution in [1.29, 1.82) is 0 Å². The highest BCUT2D eigenvalue weighted by molar-refractivity contribution is 5.80. The van der Waals surface area contributed by atoms with Gasteiger partial charge in [0.15, 0.2) is 5.96 Å². The second-order valence-electron chi connectivity index (χ2n) is 7.52. The Morgan fingerprint density at radius 1 is 1.22 bits per heavy atom. The zero-order valence-electron chi connectivity index (χ0n) is 18.4. The Labute approximate surface area is 167 Å². The number of aliphatic imine (C=N–C) groups is 1. The Morgan fingerprint density at radius 2 is 1.96 bits per heavy atom. The Kier molecular flexibility index (Phi) is 12.1. The van der Waals surface area contributed by atoms with Crippen molar-refractivity contribution in [3.8, 4) is 0 Å². The molecule has 1 rings (SSSR count). The van der Waals surface area contributed by atoms with E-state index in [2.05, 4.69) is 55.1 Å². The lowest BCUT2D eigenvalue weighted by Gasteiger charge is -2.26. The standard InChI is InChI=1S/C21H43N5O/c1-6-19(26-17-11-13-20(26)27)14-15-23-21(22-7-2)24-18(5)12-10-16-25(8-3)9-4/h18-19H,6-17H2,1-5H3,(H2,22,23,24). The van der Waals surface area contributed by atoms with E-state index < -0.39 is 0 Å². The number of hydrogen-bond donors (Lipinski definition) is 2. The maximum atomic E-state index is 12.0. The summed E-state index contributed by atoms with van der Waals surface area (Å²) < 4.78 is 0. The van der Waals surface area contributed by atoms with Crippen LogP contribution in [0.15, 0.2) is 4.99 Å². The van der Waals surface area contributed by atoms with E-state index >= 15 is 0 Å². The molecule has 2 atom stereocenters. The predicted molar refractivity (Wildman–Crippen MR) is 115 cm³/mol. The number of carbonyl (C=O) groups excluding carboxylic acids is 1. The SMILES string of the molecule is CCNC(=NCCC(CC)N1CCCC1=O)NC(C)CCCN(CC)CC. The number of nitrogens with one attached hydrogen (secondary N) is 2. The normalized spacial score (nSPS) is 17.5. The third kappa shape index (κ3) is 8.96. The summed E-state index contributed by atoms with van der Waals surface area (Å²) in [5.74, 6) is 1.22. The first kappa shape index (κ1) is 23.7. The molecule has 0 aromatic heterocycles. The Hall–Kier alpha value is -1.30. The van der Waals surface area contributed by atoms with Crippen molar-refractivity contribution < 1.29 is 4.79 Å². The zero-order valence-corrected chi connectivity index (χ0v) is 18.4. The minimum absolute atomic E-state index is 0.317. The highest BCUT2D eigenvalue weighted by atomic mass is 16.2. The summed E-state index contributed by atoms with van der Waals surface area (Å²) in [6.07, 6.45) is 6.01. The van der Waals surface area contributed by atoms with E-state index in [-0.39, 0.29) is 0 Å². The molecule has 0 spiro atoms. The lowest BCUT2D eigenvalue weighted by molar-refractivity contribution is -0.129. The molecule has 2 N–H and O–H groups in total. The second kappa shape index (κ2) is 13.8. The van der Waals surface area contributed by atoms with Crippen LogP contribution < -0.4 is 10.6 Å². The Balaban J connectivity index is 2.42. The van der Waals surface area contributed by atoms with Crippen LogP contribution in [0.3, 0.4) is 0 Å². The van der Waals surface area contributed by atoms with Gasteiger partial charge in [-0.05, 0) is 65.6 Å². The smallest absolute Gasteiger partial charge is 0.222 e. The maximum Gasteiger partial charge on any atom is 0.222 e. The molecule has 6 heteroatoms. The molecular weight excluding hydrogens is 338 g/mol. The molecule has 27 heavy (non-hydrogen) atoms. The molecule has 1 fully saturated rings. The van der Waals surface area contributed by atoms with E-state index in [0.29, 0.717) is 18.0 Å². The first-order chi connectivity index (χ1) is 13.0. The van der Waals surface area contributed by atoms with Crippen LogP contribution in [0, 0.1) is 0 Å². The highest BCUT2D eigenvalue weighted by Crippen LogP contribution is 2.18.